The number of hydrogen-bond donors (Lipinski definition) is 0. The minimum absolute atomic E-state index is 0.0736. The molecule has 3 heterocycles. The standard InChI is InChI=1S/C27H28FN3O2/c28-23-11-9-20(10-12-23)25-7-2-8-26(29-25)22-5-3-13-31(19-22)27(32)21-4-1-6-24(18-21)30-14-16-33-17-15-30/h1-2,4,6-12,18,22H,3,5,13-17,19H2. The molecule has 170 valence electrons. The molecule has 0 aliphatic carbocycles. The SMILES string of the molecule is O=C(c1cccc(N2CCOCC2)c1)N1CCCC(c2cccc(-c3ccc(F)cc3)n2)C1. The van der Waals surface area contributed by atoms with Gasteiger partial charge in [0.15, 0.2) is 0 Å². The molecule has 5 rings (SSSR count). The second-order valence-corrected chi connectivity index (χ2v) is 8.69. The molecular formula is C27H28FN3O2. The minimum atomic E-state index is -0.256. The molecular weight excluding hydrogens is 417 g/mol. The van der Waals surface area contributed by atoms with E-state index in [-0.39, 0.29) is 17.6 Å². The Kier molecular flexibility index (Phi) is 6.35. The van der Waals surface area contributed by atoms with Crippen molar-refractivity contribution in [3.8, 4) is 11.3 Å². The van der Waals surface area contributed by atoms with Crippen LogP contribution in [0.4, 0.5) is 10.1 Å². The Morgan fingerprint density at radius 2 is 1.76 bits per heavy atom. The Hall–Kier alpha value is -3.25. The van der Waals surface area contributed by atoms with E-state index in [0.717, 1.165) is 73.9 Å². The zero-order chi connectivity index (χ0) is 22.6. The molecule has 33 heavy (non-hydrogen) atoms. The number of hydrogen-bond acceptors (Lipinski definition) is 4. The number of carbonyl (C=O) groups is 1. The van der Waals surface area contributed by atoms with E-state index in [2.05, 4.69) is 11.0 Å². The van der Waals surface area contributed by atoms with Gasteiger partial charge in [-0.3, -0.25) is 9.78 Å². The summed E-state index contributed by atoms with van der Waals surface area (Å²) in [7, 11) is 0. The van der Waals surface area contributed by atoms with Crippen molar-refractivity contribution in [2.75, 3.05) is 44.3 Å². The lowest BCUT2D eigenvalue weighted by molar-refractivity contribution is 0.0706. The number of benzene rings is 2. The normalized spacial score (nSPS) is 18.9. The number of piperidine rings is 1. The van der Waals surface area contributed by atoms with Crippen molar-refractivity contribution in [1.82, 2.24) is 9.88 Å². The lowest BCUT2D eigenvalue weighted by Gasteiger charge is -2.33. The van der Waals surface area contributed by atoms with E-state index in [1.807, 2.05) is 41.3 Å². The number of rotatable bonds is 4. The maximum atomic E-state index is 13.4. The van der Waals surface area contributed by atoms with Crippen molar-refractivity contribution in [2.45, 2.75) is 18.8 Å². The number of amides is 1. The number of anilines is 1. The van der Waals surface area contributed by atoms with Crippen LogP contribution in [0, 0.1) is 5.82 Å². The van der Waals surface area contributed by atoms with E-state index in [4.69, 9.17) is 9.72 Å². The van der Waals surface area contributed by atoms with Crippen LogP contribution in [0.25, 0.3) is 11.3 Å². The van der Waals surface area contributed by atoms with E-state index in [9.17, 15) is 9.18 Å². The van der Waals surface area contributed by atoms with Crippen molar-refractivity contribution in [3.05, 3.63) is 83.8 Å². The van der Waals surface area contributed by atoms with Gasteiger partial charge in [0.05, 0.1) is 18.9 Å². The average Bonchev–Trinajstić information content (AvgIpc) is 2.89. The van der Waals surface area contributed by atoms with Crippen LogP contribution >= 0.6 is 0 Å². The summed E-state index contributed by atoms with van der Waals surface area (Å²) in [5, 5.41) is 0. The molecule has 0 N–H and O–H groups in total. The molecule has 6 heteroatoms. The monoisotopic (exact) mass is 445 g/mol. The fourth-order valence-electron chi connectivity index (χ4n) is 4.70. The van der Waals surface area contributed by atoms with Crippen LogP contribution in [0.15, 0.2) is 66.7 Å². The van der Waals surface area contributed by atoms with Crippen molar-refractivity contribution in [3.63, 3.8) is 0 Å². The lowest BCUT2D eigenvalue weighted by atomic mass is 9.93. The molecule has 0 radical (unpaired) electrons. The summed E-state index contributed by atoms with van der Waals surface area (Å²) in [5.41, 5.74) is 4.51. The number of morpholine rings is 1. The third-order valence-corrected chi connectivity index (χ3v) is 6.51. The molecule has 1 aromatic heterocycles. The molecule has 2 aliphatic heterocycles. The van der Waals surface area contributed by atoms with Gasteiger partial charge < -0.3 is 14.5 Å². The van der Waals surface area contributed by atoms with Gasteiger partial charge in [-0.25, -0.2) is 4.39 Å². The first-order chi connectivity index (χ1) is 16.2. The average molecular weight is 446 g/mol. The summed E-state index contributed by atoms with van der Waals surface area (Å²) in [6.45, 7) is 4.54. The highest BCUT2D eigenvalue weighted by Crippen LogP contribution is 2.29. The first kappa shape index (κ1) is 21.6. The van der Waals surface area contributed by atoms with Crippen molar-refractivity contribution < 1.29 is 13.9 Å². The Balaban J connectivity index is 1.31. The van der Waals surface area contributed by atoms with Crippen molar-refractivity contribution in [2.24, 2.45) is 0 Å². The second kappa shape index (κ2) is 9.71. The number of aromatic nitrogens is 1. The number of halogens is 1. The molecule has 1 amide bonds. The van der Waals surface area contributed by atoms with E-state index in [1.54, 1.807) is 12.1 Å². The number of pyridine rings is 1. The van der Waals surface area contributed by atoms with Crippen LogP contribution in [-0.4, -0.2) is 55.2 Å². The Bertz CT molecular complexity index is 1110. The fourth-order valence-corrected chi connectivity index (χ4v) is 4.70. The Morgan fingerprint density at radius 3 is 2.58 bits per heavy atom. The van der Waals surface area contributed by atoms with Gasteiger partial charge in [-0.1, -0.05) is 12.1 Å². The van der Waals surface area contributed by atoms with Gasteiger partial charge in [0.1, 0.15) is 5.82 Å². The van der Waals surface area contributed by atoms with Gasteiger partial charge in [0.25, 0.3) is 5.91 Å². The molecule has 2 fully saturated rings. The molecule has 2 aromatic carbocycles. The predicted octanol–water partition coefficient (Wildman–Crippen LogP) is 4.74. The van der Waals surface area contributed by atoms with E-state index < -0.39 is 0 Å². The zero-order valence-electron chi connectivity index (χ0n) is 18.6. The quantitative estimate of drug-likeness (QED) is 0.582. The van der Waals surface area contributed by atoms with E-state index in [0.29, 0.717) is 6.54 Å². The van der Waals surface area contributed by atoms with Gasteiger partial charge in [0.2, 0.25) is 0 Å². The maximum absolute atomic E-state index is 13.4. The van der Waals surface area contributed by atoms with E-state index >= 15 is 0 Å². The van der Waals surface area contributed by atoms with E-state index in [1.165, 1.54) is 12.1 Å². The smallest absolute Gasteiger partial charge is 0.253 e. The van der Waals surface area contributed by atoms with Crippen LogP contribution in [-0.2, 0) is 4.74 Å². The molecule has 2 aliphatic rings. The summed E-state index contributed by atoms with van der Waals surface area (Å²) in [6.07, 6.45) is 1.94. The highest BCUT2D eigenvalue weighted by molar-refractivity contribution is 5.95. The van der Waals surface area contributed by atoms with Crippen molar-refractivity contribution >= 4 is 11.6 Å². The zero-order valence-corrected chi connectivity index (χ0v) is 18.6. The Labute approximate surface area is 193 Å². The summed E-state index contributed by atoms with van der Waals surface area (Å²) in [6, 6.07) is 20.3. The predicted molar refractivity (Wildman–Crippen MR) is 127 cm³/mol. The number of ether oxygens (including phenoxy) is 1. The van der Waals surface area contributed by atoms with Crippen LogP contribution in [0.2, 0.25) is 0 Å². The van der Waals surface area contributed by atoms with Gasteiger partial charge >= 0.3 is 0 Å². The summed E-state index contributed by atoms with van der Waals surface area (Å²) in [5.74, 6) is 0.00375. The molecule has 1 unspecified atom stereocenters. The van der Waals surface area contributed by atoms with Gasteiger partial charge in [-0.05, 0) is 67.4 Å². The summed E-state index contributed by atoms with van der Waals surface area (Å²) < 4.78 is 18.7. The topological polar surface area (TPSA) is 45.7 Å². The first-order valence-electron chi connectivity index (χ1n) is 11.6. The van der Waals surface area contributed by atoms with Crippen LogP contribution in [0.1, 0.15) is 34.8 Å². The molecule has 5 nitrogen and oxygen atoms in total. The molecule has 0 saturated carbocycles. The molecule has 3 aromatic rings. The van der Waals surface area contributed by atoms with Crippen LogP contribution < -0.4 is 4.90 Å². The second-order valence-electron chi connectivity index (χ2n) is 8.69. The first-order valence-corrected chi connectivity index (χ1v) is 11.6. The fraction of sp³-hybridized carbons (Fsp3) is 0.333. The minimum Gasteiger partial charge on any atom is -0.378 e. The molecule has 2 saturated heterocycles. The maximum Gasteiger partial charge on any atom is 0.253 e. The van der Waals surface area contributed by atoms with Crippen LogP contribution in [0.3, 0.4) is 0 Å². The third kappa shape index (κ3) is 4.91. The summed E-state index contributed by atoms with van der Waals surface area (Å²) >= 11 is 0. The third-order valence-electron chi connectivity index (χ3n) is 6.51. The number of nitrogens with zero attached hydrogens (tertiary/aromatic N) is 3. The lowest BCUT2D eigenvalue weighted by Crippen LogP contribution is -2.39. The number of carbonyl (C=O) groups excluding carboxylic acids is 1. The highest BCUT2D eigenvalue weighted by Gasteiger charge is 2.27. The summed E-state index contributed by atoms with van der Waals surface area (Å²) in [4.78, 5) is 22.4. The van der Waals surface area contributed by atoms with Gasteiger partial charge in [-0.15, -0.1) is 0 Å². The van der Waals surface area contributed by atoms with Gasteiger partial charge in [0, 0.05) is 54.6 Å². The highest BCUT2D eigenvalue weighted by atomic mass is 19.1. The molecule has 1 atom stereocenters. The molecule has 0 bridgehead atoms. The largest absolute Gasteiger partial charge is 0.378 e. The Morgan fingerprint density at radius 1 is 0.970 bits per heavy atom. The number of likely N-dealkylation sites (tertiary alicyclic amines) is 1. The van der Waals surface area contributed by atoms with Gasteiger partial charge in [-0.2, -0.15) is 0 Å². The molecule has 0 spiro atoms. The van der Waals surface area contributed by atoms with Crippen molar-refractivity contribution in [1.29, 1.82) is 0 Å². The van der Waals surface area contributed by atoms with Crippen LogP contribution in [0.5, 0.6) is 0 Å².